The fraction of sp³-hybridized carbons (Fsp3) is 0.333. The van der Waals surface area contributed by atoms with Crippen LogP contribution in [0.15, 0.2) is 24.5 Å². The fourth-order valence-electron chi connectivity index (χ4n) is 0.942. The van der Waals surface area contributed by atoms with Crippen molar-refractivity contribution in [2.24, 2.45) is 0 Å². The van der Waals surface area contributed by atoms with E-state index in [-0.39, 0.29) is 0 Å². The number of likely N-dealkylation sites (N-methyl/N-ethyl adjacent to an activating group) is 1. The average molecular weight is 180 g/mol. The van der Waals surface area contributed by atoms with Gasteiger partial charge in [-0.15, -0.1) is 0 Å². The van der Waals surface area contributed by atoms with E-state index in [4.69, 9.17) is 5.11 Å². The van der Waals surface area contributed by atoms with Crippen LogP contribution in [0.3, 0.4) is 0 Å². The highest BCUT2D eigenvalue weighted by molar-refractivity contribution is 5.64. The van der Waals surface area contributed by atoms with Crippen molar-refractivity contribution < 1.29 is 9.90 Å². The molecule has 0 atom stereocenters. The molecule has 0 spiro atoms. The van der Waals surface area contributed by atoms with Gasteiger partial charge in [0.05, 0.1) is 0 Å². The van der Waals surface area contributed by atoms with Crippen molar-refractivity contribution >= 4 is 6.09 Å². The molecule has 0 aliphatic rings. The highest BCUT2D eigenvalue weighted by Crippen LogP contribution is 1.98. The van der Waals surface area contributed by atoms with Gasteiger partial charge in [0.1, 0.15) is 0 Å². The number of carbonyl (C=O) groups is 1. The van der Waals surface area contributed by atoms with Gasteiger partial charge in [-0.05, 0) is 24.1 Å². The van der Waals surface area contributed by atoms with Gasteiger partial charge >= 0.3 is 6.09 Å². The van der Waals surface area contributed by atoms with Crippen LogP contribution in [0.25, 0.3) is 0 Å². The Morgan fingerprint density at radius 1 is 1.54 bits per heavy atom. The molecule has 0 aliphatic carbocycles. The van der Waals surface area contributed by atoms with Crippen LogP contribution in [-0.4, -0.2) is 34.7 Å². The lowest BCUT2D eigenvalue weighted by atomic mass is 10.2. The van der Waals surface area contributed by atoms with E-state index in [0.29, 0.717) is 6.54 Å². The molecule has 1 N–H and O–H groups in total. The molecule has 1 aromatic rings. The largest absolute Gasteiger partial charge is 0.465 e. The quantitative estimate of drug-likeness (QED) is 0.761. The molecular weight excluding hydrogens is 168 g/mol. The molecule has 0 bridgehead atoms. The molecule has 70 valence electrons. The van der Waals surface area contributed by atoms with E-state index in [1.807, 2.05) is 12.1 Å². The Kier molecular flexibility index (Phi) is 3.25. The molecule has 1 aromatic heterocycles. The molecule has 4 nitrogen and oxygen atoms in total. The van der Waals surface area contributed by atoms with E-state index < -0.39 is 6.09 Å². The van der Waals surface area contributed by atoms with Gasteiger partial charge in [-0.2, -0.15) is 0 Å². The molecule has 1 heterocycles. The van der Waals surface area contributed by atoms with Gasteiger partial charge in [0, 0.05) is 26.0 Å². The number of hydrogen-bond donors (Lipinski definition) is 1. The van der Waals surface area contributed by atoms with Gasteiger partial charge in [-0.25, -0.2) is 4.79 Å². The summed E-state index contributed by atoms with van der Waals surface area (Å²) in [5.41, 5.74) is 1.10. The monoisotopic (exact) mass is 180 g/mol. The normalized spacial score (nSPS) is 9.62. The van der Waals surface area contributed by atoms with Crippen LogP contribution in [0.1, 0.15) is 5.56 Å². The first-order chi connectivity index (χ1) is 6.20. The van der Waals surface area contributed by atoms with Crippen molar-refractivity contribution in [3.8, 4) is 0 Å². The molecule has 0 saturated carbocycles. The van der Waals surface area contributed by atoms with Gasteiger partial charge in [0.15, 0.2) is 0 Å². The van der Waals surface area contributed by atoms with Crippen LogP contribution in [0, 0.1) is 0 Å². The Labute approximate surface area is 76.8 Å². The number of amides is 1. The van der Waals surface area contributed by atoms with Crippen molar-refractivity contribution in [3.63, 3.8) is 0 Å². The number of aromatic nitrogens is 1. The van der Waals surface area contributed by atoms with Crippen molar-refractivity contribution in [3.05, 3.63) is 30.1 Å². The zero-order chi connectivity index (χ0) is 9.68. The van der Waals surface area contributed by atoms with Crippen LogP contribution in [-0.2, 0) is 6.42 Å². The molecule has 13 heavy (non-hydrogen) atoms. The van der Waals surface area contributed by atoms with Crippen molar-refractivity contribution in [1.82, 2.24) is 9.88 Å². The second-order valence-corrected chi connectivity index (χ2v) is 2.81. The van der Waals surface area contributed by atoms with Crippen LogP contribution in [0.5, 0.6) is 0 Å². The number of rotatable bonds is 3. The van der Waals surface area contributed by atoms with E-state index in [1.54, 1.807) is 19.4 Å². The van der Waals surface area contributed by atoms with Crippen molar-refractivity contribution in [2.75, 3.05) is 13.6 Å². The minimum atomic E-state index is -0.894. The van der Waals surface area contributed by atoms with Gasteiger partial charge in [0.25, 0.3) is 0 Å². The number of hydrogen-bond acceptors (Lipinski definition) is 2. The van der Waals surface area contributed by atoms with Crippen LogP contribution < -0.4 is 0 Å². The molecule has 0 saturated heterocycles. The Hall–Kier alpha value is -1.58. The first-order valence-corrected chi connectivity index (χ1v) is 4.03. The third kappa shape index (κ3) is 3.11. The molecule has 1 rings (SSSR count). The Morgan fingerprint density at radius 3 is 2.69 bits per heavy atom. The van der Waals surface area contributed by atoms with E-state index >= 15 is 0 Å². The van der Waals surface area contributed by atoms with Gasteiger partial charge in [-0.1, -0.05) is 0 Å². The van der Waals surface area contributed by atoms with Crippen LogP contribution in [0.2, 0.25) is 0 Å². The van der Waals surface area contributed by atoms with Crippen LogP contribution in [0.4, 0.5) is 4.79 Å². The Morgan fingerprint density at radius 2 is 2.15 bits per heavy atom. The van der Waals surface area contributed by atoms with Crippen LogP contribution >= 0.6 is 0 Å². The minimum absolute atomic E-state index is 0.513. The molecule has 0 aliphatic heterocycles. The highest BCUT2D eigenvalue weighted by atomic mass is 16.4. The number of nitrogens with zero attached hydrogens (tertiary/aromatic N) is 2. The standard InChI is InChI=1S/C9H12N2O2/c1-11(9(12)13)7-4-8-2-5-10-6-3-8/h2-3,5-6H,4,7H2,1H3,(H,12,13). The number of pyridine rings is 1. The molecule has 0 radical (unpaired) electrons. The maximum absolute atomic E-state index is 10.4. The molecular formula is C9H12N2O2. The zero-order valence-corrected chi connectivity index (χ0v) is 7.47. The minimum Gasteiger partial charge on any atom is -0.465 e. The predicted octanol–water partition coefficient (Wildman–Crippen LogP) is 1.23. The second-order valence-electron chi connectivity index (χ2n) is 2.81. The molecule has 1 amide bonds. The summed E-state index contributed by atoms with van der Waals surface area (Å²) in [5.74, 6) is 0. The lowest BCUT2D eigenvalue weighted by molar-refractivity contribution is 0.156. The molecule has 0 unspecified atom stereocenters. The van der Waals surface area contributed by atoms with E-state index in [2.05, 4.69) is 4.98 Å². The Balaban J connectivity index is 2.39. The van der Waals surface area contributed by atoms with Crippen molar-refractivity contribution in [1.29, 1.82) is 0 Å². The van der Waals surface area contributed by atoms with E-state index in [0.717, 1.165) is 12.0 Å². The lowest BCUT2D eigenvalue weighted by Crippen LogP contribution is -2.26. The summed E-state index contributed by atoms with van der Waals surface area (Å²) < 4.78 is 0. The van der Waals surface area contributed by atoms with Gasteiger partial charge < -0.3 is 10.0 Å². The lowest BCUT2D eigenvalue weighted by Gasteiger charge is -2.11. The third-order valence-corrected chi connectivity index (χ3v) is 1.81. The summed E-state index contributed by atoms with van der Waals surface area (Å²) in [6.07, 6.45) is 3.24. The maximum atomic E-state index is 10.4. The van der Waals surface area contributed by atoms with E-state index in [1.165, 1.54) is 4.90 Å². The smallest absolute Gasteiger partial charge is 0.407 e. The summed E-state index contributed by atoms with van der Waals surface area (Å²) in [6.45, 7) is 0.513. The summed E-state index contributed by atoms with van der Waals surface area (Å²) in [4.78, 5) is 15.6. The van der Waals surface area contributed by atoms with Gasteiger partial charge in [-0.3, -0.25) is 4.98 Å². The average Bonchev–Trinajstić information content (AvgIpc) is 2.15. The van der Waals surface area contributed by atoms with Crippen molar-refractivity contribution in [2.45, 2.75) is 6.42 Å². The molecule has 0 aromatic carbocycles. The summed E-state index contributed by atoms with van der Waals surface area (Å²) >= 11 is 0. The SMILES string of the molecule is CN(CCc1ccncc1)C(=O)O. The Bertz CT molecular complexity index is 274. The zero-order valence-electron chi connectivity index (χ0n) is 7.47. The topological polar surface area (TPSA) is 53.4 Å². The summed E-state index contributed by atoms with van der Waals surface area (Å²) in [7, 11) is 1.56. The van der Waals surface area contributed by atoms with E-state index in [9.17, 15) is 4.79 Å². The highest BCUT2D eigenvalue weighted by Gasteiger charge is 2.03. The first kappa shape index (κ1) is 9.51. The second kappa shape index (κ2) is 4.45. The summed E-state index contributed by atoms with van der Waals surface area (Å²) in [5, 5.41) is 8.57. The fourth-order valence-corrected chi connectivity index (χ4v) is 0.942. The van der Waals surface area contributed by atoms with Gasteiger partial charge in [0.2, 0.25) is 0 Å². The maximum Gasteiger partial charge on any atom is 0.407 e. The molecule has 4 heteroatoms. The molecule has 0 fully saturated rings. The third-order valence-electron chi connectivity index (χ3n) is 1.81. The summed E-state index contributed by atoms with van der Waals surface area (Å²) in [6, 6.07) is 3.77. The first-order valence-electron chi connectivity index (χ1n) is 4.03. The predicted molar refractivity (Wildman–Crippen MR) is 48.6 cm³/mol. The number of carboxylic acid groups (broad SMARTS) is 1.